The lowest BCUT2D eigenvalue weighted by Crippen LogP contribution is -2.26. The lowest BCUT2D eigenvalue weighted by Gasteiger charge is -2.14. The van der Waals surface area contributed by atoms with Crippen molar-refractivity contribution in [2.24, 2.45) is 0 Å². The second-order valence-electron chi connectivity index (χ2n) is 4.53. The second kappa shape index (κ2) is 6.39. The van der Waals surface area contributed by atoms with Crippen LogP contribution in [0.2, 0.25) is 0 Å². The van der Waals surface area contributed by atoms with Gasteiger partial charge in [-0.1, -0.05) is 28.1 Å². The summed E-state index contributed by atoms with van der Waals surface area (Å²) in [6.07, 6.45) is 0. The van der Waals surface area contributed by atoms with Gasteiger partial charge in [0, 0.05) is 10.5 Å². The summed E-state index contributed by atoms with van der Waals surface area (Å²) in [4.78, 5) is 0.144. The van der Waals surface area contributed by atoms with Gasteiger partial charge in [0.15, 0.2) is 0 Å². The molecule has 0 heterocycles. The van der Waals surface area contributed by atoms with E-state index in [1.165, 1.54) is 24.3 Å². The second-order valence-corrected chi connectivity index (χ2v) is 7.16. The predicted octanol–water partition coefficient (Wildman–Crippen LogP) is 3.36. The van der Waals surface area contributed by atoms with Crippen molar-refractivity contribution < 1.29 is 8.42 Å². The monoisotopic (exact) mass is 364 g/mol. The van der Waals surface area contributed by atoms with Crippen molar-refractivity contribution >= 4 is 26.0 Å². The van der Waals surface area contributed by atoms with Gasteiger partial charge in [0.1, 0.15) is 0 Å². The van der Waals surface area contributed by atoms with Gasteiger partial charge in [0.05, 0.1) is 16.5 Å². The van der Waals surface area contributed by atoms with Gasteiger partial charge in [-0.25, -0.2) is 13.1 Å². The Balaban J connectivity index is 2.20. The third kappa shape index (κ3) is 3.91. The minimum absolute atomic E-state index is 0.144. The quantitative estimate of drug-likeness (QED) is 0.903. The number of hydrogen-bond donors (Lipinski definition) is 1. The molecule has 0 saturated heterocycles. The molecule has 0 aliphatic rings. The average molecular weight is 365 g/mol. The van der Waals surface area contributed by atoms with Crippen LogP contribution in [0.4, 0.5) is 0 Å². The van der Waals surface area contributed by atoms with Gasteiger partial charge in [0.2, 0.25) is 10.0 Å². The van der Waals surface area contributed by atoms with Crippen LogP contribution < -0.4 is 4.72 Å². The lowest BCUT2D eigenvalue weighted by atomic mass is 10.1. The Hall–Kier alpha value is -1.68. The fraction of sp³-hybridized carbons (Fsp3) is 0.133. The summed E-state index contributed by atoms with van der Waals surface area (Å²) in [5.74, 6) is 0. The topological polar surface area (TPSA) is 70.0 Å². The zero-order valence-electron chi connectivity index (χ0n) is 11.2. The summed E-state index contributed by atoms with van der Waals surface area (Å²) >= 11 is 3.34. The first-order valence-corrected chi connectivity index (χ1v) is 8.48. The summed E-state index contributed by atoms with van der Waals surface area (Å²) in [6, 6.07) is 14.9. The van der Waals surface area contributed by atoms with Crippen molar-refractivity contribution in [3.63, 3.8) is 0 Å². The molecule has 0 bridgehead atoms. The number of nitrogens with one attached hydrogen (secondary N) is 1. The molecule has 0 aliphatic carbocycles. The molecule has 2 rings (SSSR count). The van der Waals surface area contributed by atoms with Crippen LogP contribution in [-0.2, 0) is 10.0 Å². The van der Waals surface area contributed by atoms with Crippen LogP contribution in [0, 0.1) is 11.3 Å². The molecule has 0 aliphatic heterocycles. The first-order chi connectivity index (χ1) is 9.92. The first kappa shape index (κ1) is 15.7. The van der Waals surface area contributed by atoms with Crippen molar-refractivity contribution in [3.8, 4) is 6.07 Å². The molecule has 0 radical (unpaired) electrons. The van der Waals surface area contributed by atoms with Gasteiger partial charge in [-0.15, -0.1) is 0 Å². The van der Waals surface area contributed by atoms with Gasteiger partial charge >= 0.3 is 0 Å². The molecule has 1 atom stereocenters. The number of hydrogen-bond acceptors (Lipinski definition) is 3. The average Bonchev–Trinajstić information content (AvgIpc) is 2.47. The molecule has 0 aromatic heterocycles. The van der Waals surface area contributed by atoms with Crippen LogP contribution in [0.5, 0.6) is 0 Å². The van der Waals surface area contributed by atoms with E-state index in [1.54, 1.807) is 6.92 Å². The number of nitrogens with zero attached hydrogens (tertiary/aromatic N) is 1. The summed E-state index contributed by atoms with van der Waals surface area (Å²) < 4.78 is 28.1. The highest BCUT2D eigenvalue weighted by Gasteiger charge is 2.18. The van der Waals surface area contributed by atoms with Crippen molar-refractivity contribution in [2.45, 2.75) is 17.9 Å². The molecule has 21 heavy (non-hydrogen) atoms. The van der Waals surface area contributed by atoms with E-state index in [0.717, 1.165) is 10.0 Å². The van der Waals surface area contributed by atoms with Gasteiger partial charge < -0.3 is 0 Å². The summed E-state index contributed by atoms with van der Waals surface area (Å²) in [6.45, 7) is 1.78. The predicted molar refractivity (Wildman–Crippen MR) is 84.0 cm³/mol. The molecule has 4 nitrogen and oxygen atoms in total. The van der Waals surface area contributed by atoms with Crippen LogP contribution in [0.1, 0.15) is 24.1 Å². The van der Waals surface area contributed by atoms with Gasteiger partial charge in [0.25, 0.3) is 0 Å². The molecule has 108 valence electrons. The minimum atomic E-state index is -3.61. The normalized spacial score (nSPS) is 12.6. The Morgan fingerprint density at radius 2 is 1.67 bits per heavy atom. The van der Waals surface area contributed by atoms with Gasteiger partial charge in [-0.05, 0) is 48.9 Å². The molecule has 2 aromatic rings. The van der Waals surface area contributed by atoms with Crippen LogP contribution in [0.25, 0.3) is 0 Å². The molecule has 1 N–H and O–H groups in total. The standard InChI is InChI=1S/C15H13BrN2O2S/c1-11(13-4-6-14(16)7-5-13)18-21(19,20)15-8-2-12(10-17)3-9-15/h2-9,11,18H,1H3/t11-/m0/s1. The number of benzene rings is 2. The molecule has 0 unspecified atom stereocenters. The summed E-state index contributed by atoms with van der Waals surface area (Å²) in [5.41, 5.74) is 1.30. The Kier molecular flexibility index (Phi) is 4.78. The number of sulfonamides is 1. The van der Waals surface area contributed by atoms with Crippen molar-refractivity contribution in [1.29, 1.82) is 5.26 Å². The molecule has 0 amide bonds. The van der Waals surface area contributed by atoms with Crippen LogP contribution in [0.3, 0.4) is 0 Å². The highest BCUT2D eigenvalue weighted by Crippen LogP contribution is 2.19. The molecule has 0 saturated carbocycles. The summed E-state index contributed by atoms with van der Waals surface area (Å²) in [5, 5.41) is 8.73. The maximum Gasteiger partial charge on any atom is 0.241 e. The maximum absolute atomic E-state index is 12.3. The van der Waals surface area contributed by atoms with Crippen LogP contribution >= 0.6 is 15.9 Å². The van der Waals surface area contributed by atoms with Crippen molar-refractivity contribution in [1.82, 2.24) is 4.72 Å². The molecular formula is C15H13BrN2O2S. The van der Waals surface area contributed by atoms with E-state index >= 15 is 0 Å². The first-order valence-electron chi connectivity index (χ1n) is 6.20. The number of rotatable bonds is 4. The fourth-order valence-corrected chi connectivity index (χ4v) is 3.33. The smallest absolute Gasteiger partial charge is 0.207 e. The fourth-order valence-electron chi connectivity index (χ4n) is 1.83. The molecule has 0 fully saturated rings. The van der Waals surface area contributed by atoms with Gasteiger partial charge in [-0.3, -0.25) is 0 Å². The third-order valence-electron chi connectivity index (χ3n) is 3.00. The van der Waals surface area contributed by atoms with E-state index in [4.69, 9.17) is 5.26 Å². The molecule has 0 spiro atoms. The zero-order valence-corrected chi connectivity index (χ0v) is 13.6. The lowest BCUT2D eigenvalue weighted by molar-refractivity contribution is 0.567. The highest BCUT2D eigenvalue weighted by molar-refractivity contribution is 9.10. The zero-order chi connectivity index (χ0) is 15.5. The van der Waals surface area contributed by atoms with Crippen molar-refractivity contribution in [3.05, 3.63) is 64.1 Å². The van der Waals surface area contributed by atoms with E-state index in [1.807, 2.05) is 30.3 Å². The summed E-state index contributed by atoms with van der Waals surface area (Å²) in [7, 11) is -3.61. The van der Waals surface area contributed by atoms with Crippen LogP contribution in [0.15, 0.2) is 57.9 Å². The highest BCUT2D eigenvalue weighted by atomic mass is 79.9. The Morgan fingerprint density at radius 1 is 1.10 bits per heavy atom. The number of halogens is 1. The van der Waals surface area contributed by atoms with E-state index in [0.29, 0.717) is 5.56 Å². The maximum atomic E-state index is 12.3. The Bertz CT molecular complexity index is 763. The third-order valence-corrected chi connectivity index (χ3v) is 5.08. The van der Waals surface area contributed by atoms with E-state index in [9.17, 15) is 8.42 Å². The number of nitriles is 1. The van der Waals surface area contributed by atoms with E-state index in [2.05, 4.69) is 20.7 Å². The SMILES string of the molecule is C[C@H](NS(=O)(=O)c1ccc(C#N)cc1)c1ccc(Br)cc1. The Labute approximate surface area is 132 Å². The minimum Gasteiger partial charge on any atom is -0.207 e. The van der Waals surface area contributed by atoms with E-state index in [-0.39, 0.29) is 10.9 Å². The molecule has 6 heteroatoms. The van der Waals surface area contributed by atoms with Crippen molar-refractivity contribution in [2.75, 3.05) is 0 Å². The molecular weight excluding hydrogens is 352 g/mol. The Morgan fingerprint density at radius 3 is 2.19 bits per heavy atom. The van der Waals surface area contributed by atoms with Crippen LogP contribution in [-0.4, -0.2) is 8.42 Å². The van der Waals surface area contributed by atoms with E-state index < -0.39 is 10.0 Å². The van der Waals surface area contributed by atoms with Gasteiger partial charge in [-0.2, -0.15) is 5.26 Å². The largest absolute Gasteiger partial charge is 0.241 e. The molecule has 2 aromatic carbocycles.